The number of hydrogen-bond donors (Lipinski definition) is 1. The van der Waals surface area contributed by atoms with Crippen LogP contribution in [0.1, 0.15) is 33.5 Å². The molecule has 2 aliphatic rings. The number of H-pyrrole nitrogens is 1. The van der Waals surface area contributed by atoms with Gasteiger partial charge in [-0.1, -0.05) is 30.3 Å². The number of aromatic nitrogens is 3. The van der Waals surface area contributed by atoms with Crippen LogP contribution in [0.2, 0.25) is 0 Å². The van der Waals surface area contributed by atoms with Gasteiger partial charge in [0.1, 0.15) is 12.1 Å². The Balaban J connectivity index is 1.36. The summed E-state index contributed by atoms with van der Waals surface area (Å²) in [6.45, 7) is 6.11. The van der Waals surface area contributed by atoms with Gasteiger partial charge < -0.3 is 9.32 Å². The molecular weight excluding hydrogens is 354 g/mol. The Morgan fingerprint density at radius 3 is 2.75 bits per heavy atom. The second-order valence-electron chi connectivity index (χ2n) is 8.02. The number of likely N-dealkylation sites (tertiary alicyclic amines) is 2. The molecule has 0 bridgehead atoms. The molecule has 2 fully saturated rings. The molecule has 1 spiro atoms. The van der Waals surface area contributed by atoms with E-state index < -0.39 is 0 Å². The normalized spacial score (nSPS) is 21.2. The molecule has 0 aliphatic carbocycles. The number of hydrogen-bond acceptors (Lipinski definition) is 5. The van der Waals surface area contributed by atoms with Crippen molar-refractivity contribution in [2.24, 2.45) is 5.41 Å². The van der Waals surface area contributed by atoms with E-state index in [1.165, 1.54) is 11.8 Å². The molecule has 3 aromatic rings. The van der Waals surface area contributed by atoms with E-state index in [0.29, 0.717) is 5.56 Å². The van der Waals surface area contributed by atoms with Gasteiger partial charge in [0.15, 0.2) is 5.82 Å². The summed E-state index contributed by atoms with van der Waals surface area (Å²) in [4.78, 5) is 21.7. The molecule has 144 valence electrons. The first-order valence-electron chi connectivity index (χ1n) is 9.60. The van der Waals surface area contributed by atoms with Gasteiger partial charge in [-0.3, -0.25) is 14.8 Å². The van der Waals surface area contributed by atoms with Crippen LogP contribution in [0.15, 0.2) is 53.3 Å². The summed E-state index contributed by atoms with van der Waals surface area (Å²) in [6.07, 6.45) is 3.05. The molecule has 7 heteroatoms. The predicted octanol–water partition coefficient (Wildman–Crippen LogP) is 2.45. The van der Waals surface area contributed by atoms with Crippen LogP contribution in [0.5, 0.6) is 0 Å². The van der Waals surface area contributed by atoms with Gasteiger partial charge in [-0.2, -0.15) is 5.10 Å². The van der Waals surface area contributed by atoms with Gasteiger partial charge in [-0.25, -0.2) is 4.98 Å². The first-order chi connectivity index (χ1) is 13.6. The summed E-state index contributed by atoms with van der Waals surface area (Å²) in [5.74, 6) is 1.95. The zero-order valence-electron chi connectivity index (χ0n) is 15.8. The smallest absolute Gasteiger partial charge is 0.257 e. The number of carbonyl (C=O) groups is 1. The molecule has 7 nitrogen and oxygen atoms in total. The highest BCUT2D eigenvalue weighted by atomic mass is 16.3. The summed E-state index contributed by atoms with van der Waals surface area (Å²) >= 11 is 0. The summed E-state index contributed by atoms with van der Waals surface area (Å²) in [6, 6.07) is 12.2. The minimum absolute atomic E-state index is 0.00279. The fourth-order valence-electron chi connectivity index (χ4n) is 4.65. The molecule has 2 aromatic heterocycles. The number of furan rings is 1. The third kappa shape index (κ3) is 2.92. The molecule has 1 N–H and O–H groups in total. The summed E-state index contributed by atoms with van der Waals surface area (Å²) in [7, 11) is 0. The lowest BCUT2D eigenvalue weighted by atomic mass is 9.71. The van der Waals surface area contributed by atoms with Crippen molar-refractivity contribution in [1.82, 2.24) is 25.0 Å². The van der Waals surface area contributed by atoms with E-state index in [0.717, 1.165) is 44.4 Å². The minimum Gasteiger partial charge on any atom is -0.472 e. The van der Waals surface area contributed by atoms with Gasteiger partial charge in [0, 0.05) is 44.1 Å². The van der Waals surface area contributed by atoms with Crippen molar-refractivity contribution in [3.63, 3.8) is 0 Å². The molecule has 1 amide bonds. The molecule has 2 aliphatic heterocycles. The molecule has 5 rings (SSSR count). The molecule has 1 unspecified atom stereocenters. The fourth-order valence-corrected chi connectivity index (χ4v) is 4.65. The average molecular weight is 377 g/mol. The summed E-state index contributed by atoms with van der Waals surface area (Å²) in [5.41, 5.74) is 1.91. The third-order valence-electron chi connectivity index (χ3n) is 5.96. The molecule has 1 atom stereocenters. The Kier molecular flexibility index (Phi) is 4.05. The van der Waals surface area contributed by atoms with E-state index in [1.807, 2.05) is 17.9 Å². The Morgan fingerprint density at radius 1 is 1.25 bits per heavy atom. The Bertz CT molecular complexity index is 960. The van der Waals surface area contributed by atoms with Crippen molar-refractivity contribution in [2.45, 2.75) is 19.4 Å². The standard InChI is InChI=1S/C21H23N5O2/c1-15-22-19(24-23-15)18-10-25(9-16-5-3-2-4-6-16)12-21(18)13-26(14-21)20(27)17-7-8-28-11-17/h2-8,11,18H,9-10,12-14H2,1H3,(H,22,23,24). The number of nitrogens with one attached hydrogen (secondary N) is 1. The summed E-state index contributed by atoms with van der Waals surface area (Å²) in [5, 5.41) is 7.43. The van der Waals surface area contributed by atoms with Gasteiger partial charge in [0.2, 0.25) is 0 Å². The monoisotopic (exact) mass is 377 g/mol. The van der Waals surface area contributed by atoms with Gasteiger partial charge >= 0.3 is 0 Å². The first kappa shape index (κ1) is 17.2. The second kappa shape index (κ2) is 6.60. The number of nitrogens with zero attached hydrogens (tertiary/aromatic N) is 4. The van der Waals surface area contributed by atoms with E-state index in [2.05, 4.69) is 44.3 Å². The molecule has 2 saturated heterocycles. The van der Waals surface area contributed by atoms with Crippen LogP contribution in [0.3, 0.4) is 0 Å². The number of amides is 1. The Labute approximate surface area is 163 Å². The number of carbonyl (C=O) groups excluding carboxylic acids is 1. The quantitative estimate of drug-likeness (QED) is 0.756. The summed E-state index contributed by atoms with van der Waals surface area (Å²) < 4.78 is 5.07. The number of aryl methyl sites for hydroxylation is 1. The second-order valence-corrected chi connectivity index (χ2v) is 8.02. The van der Waals surface area contributed by atoms with Crippen molar-refractivity contribution in [3.8, 4) is 0 Å². The van der Waals surface area contributed by atoms with E-state index in [1.54, 1.807) is 12.3 Å². The van der Waals surface area contributed by atoms with Crippen LogP contribution >= 0.6 is 0 Å². The topological polar surface area (TPSA) is 78.3 Å². The zero-order chi connectivity index (χ0) is 19.1. The van der Waals surface area contributed by atoms with Crippen LogP contribution in [0, 0.1) is 12.3 Å². The minimum atomic E-state index is 0.00279. The zero-order valence-corrected chi connectivity index (χ0v) is 15.8. The van der Waals surface area contributed by atoms with Crippen molar-refractivity contribution in [2.75, 3.05) is 26.2 Å². The van der Waals surface area contributed by atoms with Crippen molar-refractivity contribution >= 4 is 5.91 Å². The highest BCUT2D eigenvalue weighted by Gasteiger charge is 2.57. The SMILES string of the molecule is Cc1nc(C2CN(Cc3ccccc3)CC23CN(C(=O)c2ccoc2)C3)n[nH]1. The maximum atomic E-state index is 12.7. The molecular formula is C21H23N5O2. The van der Waals surface area contributed by atoms with Crippen LogP contribution in [0.4, 0.5) is 0 Å². The molecule has 0 saturated carbocycles. The molecule has 28 heavy (non-hydrogen) atoms. The van der Waals surface area contributed by atoms with Crippen LogP contribution in [-0.2, 0) is 6.54 Å². The van der Waals surface area contributed by atoms with Gasteiger partial charge in [-0.15, -0.1) is 0 Å². The van der Waals surface area contributed by atoms with Gasteiger partial charge in [-0.05, 0) is 18.6 Å². The van der Waals surface area contributed by atoms with Crippen molar-refractivity contribution in [1.29, 1.82) is 0 Å². The van der Waals surface area contributed by atoms with E-state index in [-0.39, 0.29) is 17.2 Å². The lowest BCUT2D eigenvalue weighted by molar-refractivity contribution is 0.00175. The Hall–Kier alpha value is -2.93. The van der Waals surface area contributed by atoms with E-state index in [9.17, 15) is 4.79 Å². The lowest BCUT2D eigenvalue weighted by Crippen LogP contribution is -2.61. The van der Waals surface area contributed by atoms with Crippen LogP contribution in [-0.4, -0.2) is 57.1 Å². The van der Waals surface area contributed by atoms with Gasteiger partial charge in [0.25, 0.3) is 5.91 Å². The maximum absolute atomic E-state index is 12.7. The van der Waals surface area contributed by atoms with Gasteiger partial charge in [0.05, 0.1) is 11.8 Å². The van der Waals surface area contributed by atoms with E-state index >= 15 is 0 Å². The van der Waals surface area contributed by atoms with Crippen molar-refractivity contribution in [3.05, 3.63) is 71.7 Å². The molecule has 1 aromatic carbocycles. The number of rotatable bonds is 4. The van der Waals surface area contributed by atoms with E-state index in [4.69, 9.17) is 4.42 Å². The first-order valence-corrected chi connectivity index (χ1v) is 9.60. The van der Waals surface area contributed by atoms with Crippen LogP contribution in [0.25, 0.3) is 0 Å². The maximum Gasteiger partial charge on any atom is 0.257 e. The van der Waals surface area contributed by atoms with Crippen LogP contribution < -0.4 is 0 Å². The molecule has 0 radical (unpaired) electrons. The fraction of sp³-hybridized carbons (Fsp3) is 0.381. The lowest BCUT2D eigenvalue weighted by Gasteiger charge is -2.50. The average Bonchev–Trinajstić information content (AvgIpc) is 3.40. The van der Waals surface area contributed by atoms with Crippen molar-refractivity contribution < 1.29 is 9.21 Å². The highest BCUT2D eigenvalue weighted by molar-refractivity contribution is 5.94. The largest absolute Gasteiger partial charge is 0.472 e. The molecule has 4 heterocycles. The highest BCUT2D eigenvalue weighted by Crippen LogP contribution is 2.49. The number of aromatic amines is 1. The third-order valence-corrected chi connectivity index (χ3v) is 5.96. The predicted molar refractivity (Wildman–Crippen MR) is 103 cm³/mol. The number of benzene rings is 1. The Morgan fingerprint density at radius 2 is 2.07 bits per heavy atom.